The lowest BCUT2D eigenvalue weighted by Gasteiger charge is -2.08. The monoisotopic (exact) mass is 412 g/mol. The van der Waals surface area contributed by atoms with Crippen molar-refractivity contribution < 1.29 is 14.7 Å². The Bertz CT molecular complexity index is 1220. The van der Waals surface area contributed by atoms with E-state index in [0.717, 1.165) is 49.8 Å². The van der Waals surface area contributed by atoms with E-state index in [-0.39, 0.29) is 12.2 Å². The van der Waals surface area contributed by atoms with Crippen molar-refractivity contribution in [1.29, 1.82) is 0 Å². The predicted octanol–water partition coefficient (Wildman–Crippen LogP) is 3.10. The lowest BCUT2D eigenvalue weighted by atomic mass is 10.0. The van der Waals surface area contributed by atoms with Gasteiger partial charge in [-0.3, -0.25) is 29.9 Å². The van der Waals surface area contributed by atoms with Crippen molar-refractivity contribution in [3.8, 4) is 22.5 Å². The highest BCUT2D eigenvalue weighted by Crippen LogP contribution is 2.22. The Balaban J connectivity index is 1.42. The van der Waals surface area contributed by atoms with Gasteiger partial charge in [0, 0.05) is 78.2 Å². The number of Topliss-reactive ketones (excluding diaryl/α,β-unsaturated/α-hetero) is 1. The number of aromatic nitrogens is 5. The largest absolute Gasteiger partial charge is 0.299 e. The molecule has 0 amide bonds. The highest BCUT2D eigenvalue weighted by atomic mass is 16.5. The first kappa shape index (κ1) is 20.3. The summed E-state index contributed by atoms with van der Waals surface area (Å²) in [6.45, 7) is 3.79. The minimum absolute atomic E-state index is 0.0746. The van der Waals surface area contributed by atoms with Crippen molar-refractivity contribution in [3.63, 3.8) is 0 Å². The maximum atomic E-state index is 12.6. The summed E-state index contributed by atoms with van der Waals surface area (Å²) < 4.78 is 1.07. The standard InChI is InChI=1S/C24H22N5O2/c1-16-9-18(13-28-24(16)19-5-8-29(31)17(2)10-19)11-22(30)12-21-4-3-20(14-27-21)23-15-25-6-7-26-23/h3-10,13-15,31H,11-12H2,1-2H3/q+1. The summed E-state index contributed by atoms with van der Waals surface area (Å²) in [5.41, 5.74) is 6.65. The Hall–Kier alpha value is -4.00. The Morgan fingerprint density at radius 2 is 1.81 bits per heavy atom. The number of nitrogens with zero attached hydrogens (tertiary/aromatic N) is 5. The SMILES string of the molecule is Cc1cc(CC(=O)Cc2ccc(-c3cnccn3)cn2)cnc1-c1cc[n+](O)c(C)c1. The van der Waals surface area contributed by atoms with E-state index < -0.39 is 0 Å². The number of aryl methyl sites for hydroxylation is 2. The van der Waals surface area contributed by atoms with Crippen molar-refractivity contribution in [2.75, 3.05) is 0 Å². The van der Waals surface area contributed by atoms with Crippen LogP contribution in [0, 0.1) is 13.8 Å². The van der Waals surface area contributed by atoms with Crippen LogP contribution >= 0.6 is 0 Å². The molecule has 0 saturated heterocycles. The van der Waals surface area contributed by atoms with E-state index in [1.807, 2.05) is 44.2 Å². The average molecular weight is 412 g/mol. The summed E-state index contributed by atoms with van der Waals surface area (Å²) in [5.74, 6) is 0.0746. The van der Waals surface area contributed by atoms with Crippen LogP contribution in [0.5, 0.6) is 0 Å². The lowest BCUT2D eigenvalue weighted by molar-refractivity contribution is -0.908. The molecule has 4 rings (SSSR count). The maximum absolute atomic E-state index is 12.6. The van der Waals surface area contributed by atoms with Gasteiger partial charge in [0.1, 0.15) is 5.78 Å². The van der Waals surface area contributed by atoms with E-state index in [2.05, 4.69) is 19.9 Å². The molecule has 0 radical (unpaired) electrons. The van der Waals surface area contributed by atoms with Crippen LogP contribution in [0.15, 0.2) is 67.5 Å². The molecule has 0 aliphatic carbocycles. The van der Waals surface area contributed by atoms with E-state index in [4.69, 9.17) is 0 Å². The first-order valence-electron chi connectivity index (χ1n) is 9.90. The number of pyridine rings is 3. The van der Waals surface area contributed by atoms with E-state index in [1.165, 1.54) is 0 Å². The second kappa shape index (κ2) is 8.79. The zero-order valence-electron chi connectivity index (χ0n) is 17.4. The molecule has 4 aromatic rings. The topological polar surface area (TPSA) is 92.7 Å². The molecular formula is C24H22N5O2+. The van der Waals surface area contributed by atoms with Crippen molar-refractivity contribution in [1.82, 2.24) is 19.9 Å². The molecule has 0 aromatic carbocycles. The molecular weight excluding hydrogens is 390 g/mol. The number of hydrogen-bond donors (Lipinski definition) is 1. The third-order valence-corrected chi connectivity index (χ3v) is 4.99. The Morgan fingerprint density at radius 3 is 2.48 bits per heavy atom. The summed E-state index contributed by atoms with van der Waals surface area (Å²) in [4.78, 5) is 29.8. The fourth-order valence-corrected chi connectivity index (χ4v) is 3.41. The molecule has 4 heterocycles. The van der Waals surface area contributed by atoms with Crippen molar-refractivity contribution >= 4 is 5.78 Å². The Kier molecular flexibility index (Phi) is 5.75. The molecule has 0 bridgehead atoms. The molecule has 0 fully saturated rings. The smallest absolute Gasteiger partial charge is 0.231 e. The highest BCUT2D eigenvalue weighted by molar-refractivity contribution is 5.83. The normalized spacial score (nSPS) is 10.8. The molecule has 0 atom stereocenters. The number of hydrogen-bond acceptors (Lipinski definition) is 6. The third-order valence-electron chi connectivity index (χ3n) is 4.99. The fraction of sp³-hybridized carbons (Fsp3) is 0.167. The van der Waals surface area contributed by atoms with Gasteiger partial charge in [-0.05, 0) is 30.2 Å². The zero-order chi connectivity index (χ0) is 21.8. The molecule has 154 valence electrons. The van der Waals surface area contributed by atoms with E-state index in [0.29, 0.717) is 6.42 Å². The van der Waals surface area contributed by atoms with Crippen LogP contribution in [0.25, 0.3) is 22.5 Å². The van der Waals surface area contributed by atoms with Gasteiger partial charge in [-0.2, -0.15) is 0 Å². The molecule has 0 saturated carbocycles. The molecule has 31 heavy (non-hydrogen) atoms. The van der Waals surface area contributed by atoms with Crippen molar-refractivity contribution in [3.05, 3.63) is 90.0 Å². The van der Waals surface area contributed by atoms with Gasteiger partial charge in [0.05, 0.1) is 17.6 Å². The van der Waals surface area contributed by atoms with Crippen molar-refractivity contribution in [2.45, 2.75) is 26.7 Å². The molecule has 1 N–H and O–H groups in total. The van der Waals surface area contributed by atoms with Crippen LogP contribution in [0.4, 0.5) is 0 Å². The summed E-state index contributed by atoms with van der Waals surface area (Å²) in [7, 11) is 0. The fourth-order valence-electron chi connectivity index (χ4n) is 3.41. The van der Waals surface area contributed by atoms with Gasteiger partial charge in [-0.25, -0.2) is 0 Å². The number of rotatable bonds is 6. The van der Waals surface area contributed by atoms with Gasteiger partial charge in [-0.1, -0.05) is 6.07 Å². The van der Waals surface area contributed by atoms with Crippen LogP contribution in [0.1, 0.15) is 22.5 Å². The minimum Gasteiger partial charge on any atom is -0.299 e. The number of carbonyl (C=O) groups is 1. The van der Waals surface area contributed by atoms with E-state index >= 15 is 0 Å². The second-order valence-corrected chi connectivity index (χ2v) is 7.43. The molecule has 7 heteroatoms. The number of ketones is 1. The Morgan fingerprint density at radius 1 is 0.935 bits per heavy atom. The van der Waals surface area contributed by atoms with E-state index in [9.17, 15) is 10.0 Å². The lowest BCUT2D eigenvalue weighted by Crippen LogP contribution is -2.32. The molecule has 0 unspecified atom stereocenters. The molecule has 0 aliphatic rings. The quantitative estimate of drug-likeness (QED) is 0.386. The number of carbonyl (C=O) groups excluding carboxylic acids is 1. The first-order valence-corrected chi connectivity index (χ1v) is 9.90. The molecule has 4 aromatic heterocycles. The maximum Gasteiger partial charge on any atom is 0.231 e. The summed E-state index contributed by atoms with van der Waals surface area (Å²) in [6, 6.07) is 9.41. The summed E-state index contributed by atoms with van der Waals surface area (Å²) >= 11 is 0. The highest BCUT2D eigenvalue weighted by Gasteiger charge is 2.13. The van der Waals surface area contributed by atoms with Crippen LogP contribution in [-0.2, 0) is 17.6 Å². The van der Waals surface area contributed by atoms with Crippen LogP contribution < -0.4 is 4.73 Å². The van der Waals surface area contributed by atoms with Gasteiger partial charge in [0.2, 0.25) is 11.9 Å². The van der Waals surface area contributed by atoms with Gasteiger partial charge in [-0.15, -0.1) is 0 Å². The van der Waals surface area contributed by atoms with Gasteiger partial charge in [0.15, 0.2) is 0 Å². The second-order valence-electron chi connectivity index (χ2n) is 7.43. The van der Waals surface area contributed by atoms with Crippen LogP contribution in [0.3, 0.4) is 0 Å². The third kappa shape index (κ3) is 4.78. The van der Waals surface area contributed by atoms with E-state index in [1.54, 1.807) is 37.2 Å². The Labute approximate surface area is 180 Å². The van der Waals surface area contributed by atoms with Gasteiger partial charge < -0.3 is 0 Å². The molecule has 7 nitrogen and oxygen atoms in total. The van der Waals surface area contributed by atoms with Crippen molar-refractivity contribution in [2.24, 2.45) is 0 Å². The minimum atomic E-state index is 0.0746. The van der Waals surface area contributed by atoms with Gasteiger partial charge >= 0.3 is 0 Å². The zero-order valence-corrected chi connectivity index (χ0v) is 17.4. The first-order chi connectivity index (χ1) is 15.0. The molecule has 0 aliphatic heterocycles. The average Bonchev–Trinajstić information content (AvgIpc) is 2.77. The predicted molar refractivity (Wildman–Crippen MR) is 114 cm³/mol. The van der Waals surface area contributed by atoms with Gasteiger partial charge in [0.25, 0.3) is 0 Å². The summed E-state index contributed by atoms with van der Waals surface area (Å²) in [6.07, 6.45) is 10.5. The van der Waals surface area contributed by atoms with Crippen LogP contribution in [-0.4, -0.2) is 30.9 Å². The summed E-state index contributed by atoms with van der Waals surface area (Å²) in [5, 5.41) is 9.65. The molecule has 0 spiro atoms. The van der Waals surface area contributed by atoms with Crippen LogP contribution in [0.2, 0.25) is 0 Å².